The first-order valence-electron chi connectivity index (χ1n) is 6.50. The Balaban J connectivity index is 1.91. The van der Waals surface area contributed by atoms with Crippen molar-refractivity contribution in [1.29, 1.82) is 0 Å². The maximum Gasteiger partial charge on any atom is 0.218 e. The second kappa shape index (κ2) is 5.84. The second-order valence-corrected chi connectivity index (χ2v) is 4.77. The van der Waals surface area contributed by atoms with Crippen LogP contribution in [0.15, 0.2) is 12.4 Å². The minimum Gasteiger partial charge on any atom is -0.474 e. The van der Waals surface area contributed by atoms with E-state index in [-0.39, 0.29) is 0 Å². The molecule has 4 heteroatoms. The number of hydrogen-bond donors (Lipinski definition) is 1. The Kier molecular flexibility index (Phi) is 4.18. The van der Waals surface area contributed by atoms with Crippen LogP contribution in [0, 0.1) is 5.92 Å². The van der Waals surface area contributed by atoms with Crippen molar-refractivity contribution in [2.45, 2.75) is 45.6 Å². The molecular weight excluding hydrogens is 214 g/mol. The molecular formula is C13H21N3O. The molecule has 1 fully saturated rings. The molecule has 4 nitrogen and oxygen atoms in total. The van der Waals surface area contributed by atoms with E-state index in [2.05, 4.69) is 22.2 Å². The standard InChI is InChI=1S/C13H21N3O/c1-3-14-12-8-13(16-9-15-12)17-11-6-4-10(2)5-7-11/h8-11H,3-7H2,1-2H3,(H,14,15,16). The van der Waals surface area contributed by atoms with Crippen LogP contribution in [-0.4, -0.2) is 22.6 Å². The number of ether oxygens (including phenoxy) is 1. The molecule has 0 bridgehead atoms. The van der Waals surface area contributed by atoms with Gasteiger partial charge in [0.25, 0.3) is 0 Å². The van der Waals surface area contributed by atoms with Crippen molar-refractivity contribution in [3.63, 3.8) is 0 Å². The molecule has 0 radical (unpaired) electrons. The maximum atomic E-state index is 5.90. The molecule has 1 N–H and O–H groups in total. The van der Waals surface area contributed by atoms with Gasteiger partial charge in [0.05, 0.1) is 0 Å². The second-order valence-electron chi connectivity index (χ2n) is 4.77. The van der Waals surface area contributed by atoms with Crippen LogP contribution in [0.3, 0.4) is 0 Å². The Morgan fingerprint density at radius 3 is 2.76 bits per heavy atom. The van der Waals surface area contributed by atoms with Crippen molar-refractivity contribution >= 4 is 5.82 Å². The lowest BCUT2D eigenvalue weighted by Crippen LogP contribution is -2.23. The molecule has 17 heavy (non-hydrogen) atoms. The lowest BCUT2D eigenvalue weighted by atomic mass is 9.89. The van der Waals surface area contributed by atoms with Gasteiger partial charge >= 0.3 is 0 Å². The summed E-state index contributed by atoms with van der Waals surface area (Å²) in [6.45, 7) is 5.22. The van der Waals surface area contributed by atoms with Gasteiger partial charge < -0.3 is 10.1 Å². The Labute approximate surface area is 103 Å². The number of rotatable bonds is 4. The van der Waals surface area contributed by atoms with Crippen molar-refractivity contribution in [3.05, 3.63) is 12.4 Å². The van der Waals surface area contributed by atoms with Gasteiger partial charge in [0.15, 0.2) is 0 Å². The summed E-state index contributed by atoms with van der Waals surface area (Å²) < 4.78 is 5.90. The smallest absolute Gasteiger partial charge is 0.218 e. The minimum absolute atomic E-state index is 0.329. The Bertz CT molecular complexity index is 348. The molecule has 1 saturated carbocycles. The van der Waals surface area contributed by atoms with Gasteiger partial charge in [0, 0.05) is 12.6 Å². The summed E-state index contributed by atoms with van der Waals surface area (Å²) in [4.78, 5) is 8.29. The van der Waals surface area contributed by atoms with Crippen LogP contribution in [0.5, 0.6) is 5.88 Å². The molecule has 2 rings (SSSR count). The molecule has 0 atom stereocenters. The van der Waals surface area contributed by atoms with E-state index in [0.717, 1.165) is 31.1 Å². The molecule has 0 aliphatic heterocycles. The van der Waals surface area contributed by atoms with Gasteiger partial charge in [-0.15, -0.1) is 0 Å². The molecule has 94 valence electrons. The van der Waals surface area contributed by atoms with Gasteiger partial charge in [-0.2, -0.15) is 0 Å². The third kappa shape index (κ3) is 3.58. The largest absolute Gasteiger partial charge is 0.474 e. The predicted molar refractivity (Wildman–Crippen MR) is 68.2 cm³/mol. The molecule has 1 aromatic rings. The Morgan fingerprint density at radius 1 is 1.29 bits per heavy atom. The van der Waals surface area contributed by atoms with Crippen LogP contribution in [0.1, 0.15) is 39.5 Å². The molecule has 0 amide bonds. The highest BCUT2D eigenvalue weighted by Crippen LogP contribution is 2.26. The van der Waals surface area contributed by atoms with E-state index in [9.17, 15) is 0 Å². The minimum atomic E-state index is 0.329. The Hall–Kier alpha value is -1.32. The van der Waals surface area contributed by atoms with Crippen LogP contribution >= 0.6 is 0 Å². The maximum absolute atomic E-state index is 5.90. The highest BCUT2D eigenvalue weighted by atomic mass is 16.5. The average Bonchev–Trinajstić information content (AvgIpc) is 2.33. The fraction of sp³-hybridized carbons (Fsp3) is 0.692. The van der Waals surface area contributed by atoms with Gasteiger partial charge in [-0.1, -0.05) is 6.92 Å². The van der Waals surface area contributed by atoms with Crippen molar-refractivity contribution in [1.82, 2.24) is 9.97 Å². The van der Waals surface area contributed by atoms with E-state index >= 15 is 0 Å². The zero-order valence-corrected chi connectivity index (χ0v) is 10.6. The molecule has 1 aliphatic carbocycles. The molecule has 1 aromatic heterocycles. The van der Waals surface area contributed by atoms with E-state index in [1.165, 1.54) is 12.8 Å². The third-order valence-corrected chi connectivity index (χ3v) is 3.25. The summed E-state index contributed by atoms with van der Waals surface area (Å²) in [6, 6.07) is 1.88. The summed E-state index contributed by atoms with van der Waals surface area (Å²) >= 11 is 0. The lowest BCUT2D eigenvalue weighted by molar-refractivity contribution is 0.130. The fourth-order valence-electron chi connectivity index (χ4n) is 2.20. The van der Waals surface area contributed by atoms with Gasteiger partial charge in [0.2, 0.25) is 5.88 Å². The molecule has 1 aliphatic rings. The normalized spacial score (nSPS) is 24.4. The molecule has 1 heterocycles. The van der Waals surface area contributed by atoms with Gasteiger partial charge in [-0.25, -0.2) is 9.97 Å². The first-order chi connectivity index (χ1) is 8.28. The van der Waals surface area contributed by atoms with E-state index in [0.29, 0.717) is 12.0 Å². The molecule has 0 spiro atoms. The summed E-state index contributed by atoms with van der Waals surface area (Å²) in [5.74, 6) is 2.37. The number of anilines is 1. The van der Waals surface area contributed by atoms with Crippen molar-refractivity contribution in [3.8, 4) is 5.88 Å². The number of nitrogens with one attached hydrogen (secondary N) is 1. The highest BCUT2D eigenvalue weighted by molar-refractivity contribution is 5.36. The van der Waals surface area contributed by atoms with Gasteiger partial charge in [-0.3, -0.25) is 0 Å². The van der Waals surface area contributed by atoms with Crippen molar-refractivity contribution in [2.24, 2.45) is 5.92 Å². The third-order valence-electron chi connectivity index (χ3n) is 3.25. The highest BCUT2D eigenvalue weighted by Gasteiger charge is 2.19. The average molecular weight is 235 g/mol. The monoisotopic (exact) mass is 235 g/mol. The van der Waals surface area contributed by atoms with E-state index in [1.807, 2.05) is 13.0 Å². The number of nitrogens with zero attached hydrogens (tertiary/aromatic N) is 2. The summed E-state index contributed by atoms with van der Waals surface area (Å²) in [5.41, 5.74) is 0. The van der Waals surface area contributed by atoms with Crippen LogP contribution in [0.2, 0.25) is 0 Å². The Morgan fingerprint density at radius 2 is 2.06 bits per heavy atom. The van der Waals surface area contributed by atoms with Crippen LogP contribution in [0.25, 0.3) is 0 Å². The van der Waals surface area contributed by atoms with Crippen LogP contribution in [0.4, 0.5) is 5.82 Å². The van der Waals surface area contributed by atoms with Gasteiger partial charge in [-0.05, 0) is 38.5 Å². The van der Waals surface area contributed by atoms with Crippen LogP contribution in [-0.2, 0) is 0 Å². The zero-order valence-electron chi connectivity index (χ0n) is 10.6. The van der Waals surface area contributed by atoms with Crippen LogP contribution < -0.4 is 10.1 Å². The number of aromatic nitrogens is 2. The quantitative estimate of drug-likeness (QED) is 0.871. The molecule has 0 unspecified atom stereocenters. The fourth-order valence-corrected chi connectivity index (χ4v) is 2.20. The topological polar surface area (TPSA) is 47.0 Å². The first kappa shape index (κ1) is 12.1. The van der Waals surface area contributed by atoms with Crippen molar-refractivity contribution in [2.75, 3.05) is 11.9 Å². The number of hydrogen-bond acceptors (Lipinski definition) is 4. The van der Waals surface area contributed by atoms with E-state index < -0.39 is 0 Å². The van der Waals surface area contributed by atoms with Gasteiger partial charge in [0.1, 0.15) is 18.2 Å². The van der Waals surface area contributed by atoms with Crippen molar-refractivity contribution < 1.29 is 4.74 Å². The summed E-state index contributed by atoms with van der Waals surface area (Å²) in [6.07, 6.45) is 6.68. The SMILES string of the molecule is CCNc1cc(OC2CCC(C)CC2)ncn1. The lowest BCUT2D eigenvalue weighted by Gasteiger charge is -2.26. The summed E-state index contributed by atoms with van der Waals surface area (Å²) in [7, 11) is 0. The zero-order chi connectivity index (χ0) is 12.1. The van der Waals surface area contributed by atoms with E-state index in [4.69, 9.17) is 4.74 Å². The summed E-state index contributed by atoms with van der Waals surface area (Å²) in [5, 5.41) is 3.16. The first-order valence-corrected chi connectivity index (χ1v) is 6.50. The molecule has 0 aromatic carbocycles. The van der Waals surface area contributed by atoms with E-state index in [1.54, 1.807) is 6.33 Å². The molecule has 0 saturated heterocycles. The predicted octanol–water partition coefficient (Wildman–Crippen LogP) is 2.87.